The summed E-state index contributed by atoms with van der Waals surface area (Å²) in [5.74, 6) is 1.29. The highest BCUT2D eigenvalue weighted by atomic mass is 19.1. The average Bonchev–Trinajstić information content (AvgIpc) is 2.95. The van der Waals surface area contributed by atoms with Gasteiger partial charge in [-0.15, -0.1) is 0 Å². The van der Waals surface area contributed by atoms with Crippen molar-refractivity contribution in [3.63, 3.8) is 0 Å². The molecule has 0 aliphatic heterocycles. The first-order valence-corrected chi connectivity index (χ1v) is 14.9. The van der Waals surface area contributed by atoms with E-state index in [2.05, 4.69) is 55.1 Å². The zero-order valence-electron chi connectivity index (χ0n) is 23.3. The third-order valence-electron chi connectivity index (χ3n) is 8.27. The fraction of sp³-hybridized carbons (Fsp3) is 0.618. The summed E-state index contributed by atoms with van der Waals surface area (Å²) in [6.07, 6.45) is 15.9. The summed E-state index contributed by atoms with van der Waals surface area (Å²) < 4.78 is 19.8. The van der Waals surface area contributed by atoms with Gasteiger partial charge in [-0.2, -0.15) is 0 Å². The Kier molecular flexibility index (Phi) is 12.5. The molecule has 0 amide bonds. The molecule has 3 rings (SSSR count). The van der Waals surface area contributed by atoms with E-state index >= 15 is 0 Å². The summed E-state index contributed by atoms with van der Waals surface area (Å²) in [5.41, 5.74) is 3.63. The van der Waals surface area contributed by atoms with E-state index in [1.165, 1.54) is 56.1 Å². The van der Waals surface area contributed by atoms with Crippen LogP contribution in [0, 0.1) is 6.57 Å². The smallest absolute Gasteiger partial charge is 0.232 e. The molecule has 37 heavy (non-hydrogen) atoms. The summed E-state index contributed by atoms with van der Waals surface area (Å²) in [6.45, 7) is 12.4. The maximum absolute atomic E-state index is 14.1. The molecule has 0 aromatic heterocycles. The van der Waals surface area contributed by atoms with Crippen molar-refractivity contribution in [1.82, 2.24) is 0 Å². The van der Waals surface area contributed by atoms with Crippen LogP contribution in [0.25, 0.3) is 16.0 Å². The summed E-state index contributed by atoms with van der Waals surface area (Å²) in [5, 5.41) is 0. The molecule has 0 spiro atoms. The Balaban J connectivity index is 1.45. The van der Waals surface area contributed by atoms with Crippen molar-refractivity contribution in [2.24, 2.45) is 0 Å². The summed E-state index contributed by atoms with van der Waals surface area (Å²) in [6, 6.07) is 17.0. The monoisotopic (exact) mass is 505 g/mol. The largest absolute Gasteiger partial charge is 0.491 e. The van der Waals surface area contributed by atoms with Gasteiger partial charge in [0.1, 0.15) is 18.5 Å². The summed E-state index contributed by atoms with van der Waals surface area (Å²) >= 11 is 0. The van der Waals surface area contributed by atoms with E-state index in [1.807, 2.05) is 12.1 Å². The molecule has 0 heterocycles. The van der Waals surface area contributed by atoms with Crippen LogP contribution in [0.3, 0.4) is 0 Å². The topological polar surface area (TPSA) is 13.6 Å². The predicted octanol–water partition coefficient (Wildman–Crippen LogP) is 10.7. The summed E-state index contributed by atoms with van der Waals surface area (Å²) in [7, 11) is 0. The second-order valence-electron chi connectivity index (χ2n) is 11.2. The van der Waals surface area contributed by atoms with Crippen LogP contribution in [0.15, 0.2) is 48.5 Å². The van der Waals surface area contributed by atoms with Gasteiger partial charge in [-0.05, 0) is 60.4 Å². The molecule has 1 fully saturated rings. The minimum absolute atomic E-state index is 0.107. The zero-order valence-corrected chi connectivity index (χ0v) is 23.3. The van der Waals surface area contributed by atoms with Crippen LogP contribution < -0.4 is 4.74 Å². The lowest BCUT2D eigenvalue weighted by molar-refractivity contribution is 0.184. The first-order chi connectivity index (χ1) is 18.1. The number of nitrogens with zero attached hydrogens (tertiary/aromatic N) is 1. The van der Waals surface area contributed by atoms with Crippen LogP contribution in [0.5, 0.6) is 5.75 Å². The fourth-order valence-electron chi connectivity index (χ4n) is 5.72. The van der Waals surface area contributed by atoms with E-state index in [4.69, 9.17) is 11.3 Å². The Morgan fingerprint density at radius 2 is 1.41 bits per heavy atom. The molecule has 0 saturated heterocycles. The number of alkyl halides is 1. The molecule has 202 valence electrons. The van der Waals surface area contributed by atoms with Crippen LogP contribution in [0.1, 0.15) is 122 Å². The molecular formula is C34H48FNO. The van der Waals surface area contributed by atoms with E-state index in [1.54, 1.807) is 0 Å². The maximum atomic E-state index is 14.1. The number of hydrogen-bond donors (Lipinski definition) is 0. The molecule has 1 unspecified atom stereocenters. The lowest BCUT2D eigenvalue weighted by Gasteiger charge is -2.31. The predicted molar refractivity (Wildman–Crippen MR) is 155 cm³/mol. The number of ether oxygens (including phenoxy) is 1. The average molecular weight is 506 g/mol. The minimum atomic E-state index is -0.894. The van der Waals surface area contributed by atoms with Gasteiger partial charge in [0.2, 0.25) is 5.54 Å². The van der Waals surface area contributed by atoms with Crippen LogP contribution in [0.2, 0.25) is 0 Å². The zero-order chi connectivity index (χ0) is 26.3. The van der Waals surface area contributed by atoms with Gasteiger partial charge < -0.3 is 9.58 Å². The van der Waals surface area contributed by atoms with E-state index in [-0.39, 0.29) is 12.1 Å². The van der Waals surface area contributed by atoms with Gasteiger partial charge in [0.05, 0.1) is 0 Å². The molecule has 0 radical (unpaired) electrons. The Bertz CT molecular complexity index is 922. The second-order valence-corrected chi connectivity index (χ2v) is 11.2. The number of hydrogen-bond acceptors (Lipinski definition) is 1. The van der Waals surface area contributed by atoms with E-state index in [0.717, 1.165) is 56.3 Å². The molecule has 3 heteroatoms. The quantitative estimate of drug-likeness (QED) is 0.163. The highest BCUT2D eigenvalue weighted by Crippen LogP contribution is 2.43. The minimum Gasteiger partial charge on any atom is -0.491 e. The Morgan fingerprint density at radius 1 is 0.838 bits per heavy atom. The van der Waals surface area contributed by atoms with Crippen LogP contribution in [-0.2, 0) is 0 Å². The van der Waals surface area contributed by atoms with Gasteiger partial charge in [-0.1, -0.05) is 102 Å². The lowest BCUT2D eigenvalue weighted by Crippen LogP contribution is -2.30. The highest BCUT2D eigenvalue weighted by Gasteiger charge is 2.40. The van der Waals surface area contributed by atoms with Gasteiger partial charge in [0.15, 0.2) is 0 Å². The van der Waals surface area contributed by atoms with E-state index in [9.17, 15) is 4.39 Å². The lowest BCUT2D eigenvalue weighted by atomic mass is 9.72. The highest BCUT2D eigenvalue weighted by molar-refractivity contribution is 5.64. The SMILES string of the molecule is [C-]#[N+]C1(CCCCCCC)CCC(c2ccc(-c3ccc(OCC(F)CCCCCC)cc3)cc2)CC1. The Morgan fingerprint density at radius 3 is 2.00 bits per heavy atom. The van der Waals surface area contributed by atoms with Crippen LogP contribution >= 0.6 is 0 Å². The van der Waals surface area contributed by atoms with Crippen molar-refractivity contribution >= 4 is 0 Å². The molecule has 1 aliphatic rings. The fourth-order valence-corrected chi connectivity index (χ4v) is 5.72. The molecule has 1 aliphatic carbocycles. The van der Waals surface area contributed by atoms with Crippen molar-refractivity contribution in [1.29, 1.82) is 0 Å². The van der Waals surface area contributed by atoms with E-state index in [0.29, 0.717) is 12.3 Å². The van der Waals surface area contributed by atoms with Crippen molar-refractivity contribution in [2.75, 3.05) is 6.61 Å². The normalized spacial score (nSPS) is 20.3. The molecule has 0 bridgehead atoms. The third-order valence-corrected chi connectivity index (χ3v) is 8.27. The van der Waals surface area contributed by atoms with Crippen LogP contribution in [-0.4, -0.2) is 18.3 Å². The molecule has 1 atom stereocenters. The van der Waals surface area contributed by atoms with Crippen molar-refractivity contribution in [2.45, 2.75) is 128 Å². The van der Waals surface area contributed by atoms with Crippen molar-refractivity contribution in [3.8, 4) is 16.9 Å². The van der Waals surface area contributed by atoms with Crippen molar-refractivity contribution < 1.29 is 9.13 Å². The molecule has 0 N–H and O–H groups in total. The first kappa shape index (κ1) is 29.2. The number of halogens is 1. The Hall–Kier alpha value is -2.34. The number of benzene rings is 2. The molecule has 1 saturated carbocycles. The van der Waals surface area contributed by atoms with Gasteiger partial charge in [0.25, 0.3) is 0 Å². The van der Waals surface area contributed by atoms with E-state index < -0.39 is 6.17 Å². The van der Waals surface area contributed by atoms with Crippen LogP contribution in [0.4, 0.5) is 4.39 Å². The Labute approximate surface area is 225 Å². The van der Waals surface area contributed by atoms with Crippen molar-refractivity contribution in [3.05, 3.63) is 65.5 Å². The van der Waals surface area contributed by atoms with Gasteiger partial charge in [-0.3, -0.25) is 0 Å². The number of unbranched alkanes of at least 4 members (excludes halogenated alkanes) is 7. The molecular weight excluding hydrogens is 457 g/mol. The number of rotatable bonds is 16. The summed E-state index contributed by atoms with van der Waals surface area (Å²) in [4.78, 5) is 4.15. The third kappa shape index (κ3) is 9.48. The molecule has 2 nitrogen and oxygen atoms in total. The van der Waals surface area contributed by atoms with Gasteiger partial charge in [0, 0.05) is 19.3 Å². The molecule has 2 aromatic carbocycles. The first-order valence-electron chi connectivity index (χ1n) is 14.9. The standard InChI is InChI=1S/C34H48FNO/c1-4-6-8-10-12-24-34(36-3)25-22-31(23-26-34)29-16-14-28(15-17-29)30-18-20-33(21-19-30)37-27-32(35)13-11-9-7-5-2/h14-21,31-32H,4-13,22-27H2,1-2H3. The van der Waals surface area contributed by atoms with Gasteiger partial charge >= 0.3 is 0 Å². The molecule has 2 aromatic rings. The maximum Gasteiger partial charge on any atom is 0.232 e. The second kappa shape index (κ2) is 15.8. The van der Waals surface area contributed by atoms with Gasteiger partial charge in [-0.25, -0.2) is 11.0 Å².